The SMILES string of the molecule is NS(=O)(=O)c1ccc(-c2nc(SCc3cc(F)cc(F)c3)sc2-c2ccc(F)cc2)cc1. The molecule has 0 aliphatic rings. The minimum atomic E-state index is -3.83. The minimum absolute atomic E-state index is 0.0254. The predicted octanol–water partition coefficient (Wildman–Crippen LogP) is 5.83. The molecule has 0 bridgehead atoms. The average Bonchev–Trinajstić information content (AvgIpc) is 3.16. The van der Waals surface area contributed by atoms with Gasteiger partial charge in [0, 0.05) is 17.4 Å². The van der Waals surface area contributed by atoms with E-state index < -0.39 is 21.7 Å². The van der Waals surface area contributed by atoms with Crippen molar-refractivity contribution >= 4 is 33.1 Å². The quantitative estimate of drug-likeness (QED) is 0.344. The summed E-state index contributed by atoms with van der Waals surface area (Å²) in [6.45, 7) is 0. The van der Waals surface area contributed by atoms with E-state index in [1.54, 1.807) is 24.3 Å². The molecule has 10 heteroatoms. The maximum absolute atomic E-state index is 13.5. The number of benzene rings is 3. The number of aromatic nitrogens is 1. The molecule has 0 atom stereocenters. The smallest absolute Gasteiger partial charge is 0.229 e. The Bertz CT molecular complexity index is 1350. The van der Waals surface area contributed by atoms with Crippen LogP contribution in [-0.4, -0.2) is 13.4 Å². The fraction of sp³-hybridized carbons (Fsp3) is 0.0455. The van der Waals surface area contributed by atoms with Crippen LogP contribution in [0.1, 0.15) is 5.56 Å². The standard InChI is InChI=1S/C22H15F3N2O2S3/c23-16-5-1-15(2-6-16)21-20(14-3-7-19(8-4-14)32(26,28)29)27-22(31-21)30-12-13-9-17(24)11-18(25)10-13/h1-11H,12H2,(H2,26,28,29). The Morgan fingerprint density at radius 1 is 0.844 bits per heavy atom. The third kappa shape index (κ3) is 5.21. The van der Waals surface area contributed by atoms with Gasteiger partial charge in [-0.15, -0.1) is 11.3 Å². The maximum Gasteiger partial charge on any atom is 0.238 e. The van der Waals surface area contributed by atoms with Gasteiger partial charge in [-0.25, -0.2) is 31.7 Å². The second-order valence-corrected chi connectivity index (χ2v) is 10.6. The van der Waals surface area contributed by atoms with Crippen molar-refractivity contribution in [2.75, 3.05) is 0 Å². The van der Waals surface area contributed by atoms with Gasteiger partial charge in [0.2, 0.25) is 10.0 Å². The van der Waals surface area contributed by atoms with Gasteiger partial charge in [-0.1, -0.05) is 36.0 Å². The Labute approximate surface area is 191 Å². The molecule has 164 valence electrons. The van der Waals surface area contributed by atoms with E-state index >= 15 is 0 Å². The Morgan fingerprint density at radius 2 is 1.44 bits per heavy atom. The van der Waals surface area contributed by atoms with Crippen molar-refractivity contribution in [2.45, 2.75) is 15.0 Å². The van der Waals surface area contributed by atoms with E-state index in [0.717, 1.165) is 16.5 Å². The molecule has 1 aromatic heterocycles. The Kier molecular flexibility index (Phi) is 6.38. The molecule has 0 saturated carbocycles. The van der Waals surface area contributed by atoms with Crippen molar-refractivity contribution in [3.8, 4) is 21.7 Å². The molecule has 0 unspecified atom stereocenters. The van der Waals surface area contributed by atoms with Crippen LogP contribution in [0.5, 0.6) is 0 Å². The Morgan fingerprint density at radius 3 is 2.03 bits per heavy atom. The van der Waals surface area contributed by atoms with Crippen LogP contribution in [0.3, 0.4) is 0 Å². The molecule has 3 aromatic carbocycles. The van der Waals surface area contributed by atoms with Crippen molar-refractivity contribution in [1.82, 2.24) is 4.98 Å². The van der Waals surface area contributed by atoms with Crippen molar-refractivity contribution in [2.24, 2.45) is 5.14 Å². The number of halogens is 3. The highest BCUT2D eigenvalue weighted by molar-refractivity contribution is 8.00. The number of hydrogen-bond donors (Lipinski definition) is 1. The monoisotopic (exact) mass is 492 g/mol. The van der Waals surface area contributed by atoms with E-state index in [0.29, 0.717) is 26.9 Å². The van der Waals surface area contributed by atoms with E-state index in [-0.39, 0.29) is 10.7 Å². The minimum Gasteiger partial charge on any atom is -0.229 e. The lowest BCUT2D eigenvalue weighted by atomic mass is 10.1. The lowest BCUT2D eigenvalue weighted by Crippen LogP contribution is -2.11. The summed E-state index contributed by atoms with van der Waals surface area (Å²) in [5.41, 5.74) is 2.44. The number of thioether (sulfide) groups is 1. The van der Waals surface area contributed by atoms with Gasteiger partial charge in [0.15, 0.2) is 4.34 Å². The zero-order chi connectivity index (χ0) is 22.9. The number of nitrogens with zero attached hydrogens (tertiary/aromatic N) is 1. The lowest BCUT2D eigenvalue weighted by molar-refractivity contribution is 0.581. The number of nitrogens with two attached hydrogens (primary N) is 1. The number of rotatable bonds is 6. The molecule has 0 radical (unpaired) electrons. The Balaban J connectivity index is 1.70. The van der Waals surface area contributed by atoms with Gasteiger partial charge < -0.3 is 0 Å². The lowest BCUT2D eigenvalue weighted by Gasteiger charge is -2.04. The van der Waals surface area contributed by atoms with Gasteiger partial charge in [0.25, 0.3) is 0 Å². The molecule has 0 spiro atoms. The van der Waals surface area contributed by atoms with Crippen molar-refractivity contribution in [3.05, 3.63) is 89.7 Å². The number of hydrogen-bond acceptors (Lipinski definition) is 5. The normalized spacial score (nSPS) is 11.6. The molecular formula is C22H15F3N2O2S3. The second-order valence-electron chi connectivity index (χ2n) is 6.80. The molecule has 4 aromatic rings. The van der Waals surface area contributed by atoms with Crippen molar-refractivity contribution < 1.29 is 21.6 Å². The summed E-state index contributed by atoms with van der Waals surface area (Å²) in [7, 11) is -3.83. The first kappa shape index (κ1) is 22.5. The van der Waals surface area contributed by atoms with E-state index in [2.05, 4.69) is 4.98 Å². The van der Waals surface area contributed by atoms with E-state index in [1.165, 1.54) is 59.5 Å². The third-order valence-corrected chi connectivity index (χ3v) is 7.70. The van der Waals surface area contributed by atoms with Gasteiger partial charge in [-0.2, -0.15) is 0 Å². The summed E-state index contributed by atoms with van der Waals surface area (Å²) in [6.07, 6.45) is 0. The molecule has 4 rings (SSSR count). The highest BCUT2D eigenvalue weighted by atomic mass is 32.2. The van der Waals surface area contributed by atoms with E-state index in [4.69, 9.17) is 5.14 Å². The van der Waals surface area contributed by atoms with Gasteiger partial charge >= 0.3 is 0 Å². The molecule has 0 saturated heterocycles. The molecule has 32 heavy (non-hydrogen) atoms. The van der Waals surface area contributed by atoms with Crippen molar-refractivity contribution in [3.63, 3.8) is 0 Å². The maximum atomic E-state index is 13.5. The van der Waals surface area contributed by atoms with Crippen LogP contribution in [0.2, 0.25) is 0 Å². The summed E-state index contributed by atoms with van der Waals surface area (Å²) in [5.74, 6) is -1.38. The van der Waals surface area contributed by atoms with Crippen molar-refractivity contribution in [1.29, 1.82) is 0 Å². The summed E-state index contributed by atoms with van der Waals surface area (Å²) >= 11 is 2.66. The summed E-state index contributed by atoms with van der Waals surface area (Å²) in [4.78, 5) is 5.38. The zero-order valence-corrected chi connectivity index (χ0v) is 18.7. The van der Waals surface area contributed by atoms with Gasteiger partial charge in [-0.05, 0) is 47.5 Å². The van der Waals surface area contributed by atoms with Crippen LogP contribution in [0.25, 0.3) is 21.7 Å². The molecule has 0 fully saturated rings. The summed E-state index contributed by atoms with van der Waals surface area (Å²) < 4.78 is 64.1. The van der Waals surface area contributed by atoms with Gasteiger partial charge in [0.05, 0.1) is 15.5 Å². The number of sulfonamides is 1. The summed E-state index contributed by atoms with van der Waals surface area (Å²) in [5, 5.41) is 5.17. The molecule has 2 N–H and O–H groups in total. The van der Waals surface area contributed by atoms with Crippen LogP contribution in [0.4, 0.5) is 13.2 Å². The van der Waals surface area contributed by atoms with E-state index in [9.17, 15) is 21.6 Å². The molecule has 0 aliphatic carbocycles. The fourth-order valence-electron chi connectivity index (χ4n) is 3.00. The van der Waals surface area contributed by atoms with Crippen LogP contribution < -0.4 is 5.14 Å². The first-order chi connectivity index (χ1) is 15.2. The molecule has 0 amide bonds. The zero-order valence-electron chi connectivity index (χ0n) is 16.3. The molecule has 1 heterocycles. The second kappa shape index (κ2) is 9.07. The first-order valence-corrected chi connectivity index (χ1v) is 12.5. The predicted molar refractivity (Wildman–Crippen MR) is 120 cm³/mol. The van der Waals surface area contributed by atoms with Crippen LogP contribution in [0.15, 0.2) is 76.0 Å². The topological polar surface area (TPSA) is 73.1 Å². The van der Waals surface area contributed by atoms with E-state index in [1.807, 2.05) is 0 Å². The largest absolute Gasteiger partial charge is 0.238 e. The fourth-order valence-corrected chi connectivity index (χ4v) is 5.61. The third-order valence-electron chi connectivity index (χ3n) is 4.45. The van der Waals surface area contributed by atoms with Crippen LogP contribution >= 0.6 is 23.1 Å². The molecule has 4 nitrogen and oxygen atoms in total. The highest BCUT2D eigenvalue weighted by Gasteiger charge is 2.17. The molecular weight excluding hydrogens is 477 g/mol. The summed E-state index contributed by atoms with van der Waals surface area (Å²) in [6, 6.07) is 15.2. The van der Waals surface area contributed by atoms with Crippen LogP contribution in [0, 0.1) is 17.5 Å². The highest BCUT2D eigenvalue weighted by Crippen LogP contribution is 2.41. The number of thiazole rings is 1. The Hall–Kier alpha value is -2.66. The van der Waals surface area contributed by atoms with Crippen LogP contribution in [-0.2, 0) is 15.8 Å². The van der Waals surface area contributed by atoms with Gasteiger partial charge in [-0.3, -0.25) is 0 Å². The van der Waals surface area contributed by atoms with Gasteiger partial charge in [0.1, 0.15) is 17.5 Å². The first-order valence-electron chi connectivity index (χ1n) is 9.17. The number of primary sulfonamides is 1. The average molecular weight is 493 g/mol. The molecule has 0 aliphatic heterocycles.